The van der Waals surface area contributed by atoms with E-state index in [4.69, 9.17) is 10.9 Å². The molecule has 5 heteroatoms. The molecule has 1 heterocycles. The van der Waals surface area contributed by atoms with Crippen molar-refractivity contribution >= 4 is 5.84 Å². The molecule has 1 aliphatic carbocycles. The van der Waals surface area contributed by atoms with Gasteiger partial charge in [0.05, 0.1) is 0 Å². The van der Waals surface area contributed by atoms with Crippen molar-refractivity contribution in [3.8, 4) is 0 Å². The Morgan fingerprint density at radius 3 is 2.74 bits per heavy atom. The largest absolute Gasteiger partial charge is 0.409 e. The van der Waals surface area contributed by atoms with E-state index >= 15 is 0 Å². The van der Waals surface area contributed by atoms with Crippen LogP contribution in [-0.2, 0) is 0 Å². The number of rotatable bonds is 7. The van der Waals surface area contributed by atoms with Gasteiger partial charge in [-0.2, -0.15) is 0 Å². The minimum atomic E-state index is 0.348. The Morgan fingerprint density at radius 2 is 2.11 bits per heavy atom. The summed E-state index contributed by atoms with van der Waals surface area (Å²) < 4.78 is 0. The van der Waals surface area contributed by atoms with Crippen LogP contribution in [0, 0.1) is 0 Å². The van der Waals surface area contributed by atoms with E-state index < -0.39 is 0 Å². The number of hydrogen-bond acceptors (Lipinski definition) is 4. The lowest BCUT2D eigenvalue weighted by Gasteiger charge is -2.34. The second-order valence-electron chi connectivity index (χ2n) is 6.03. The minimum Gasteiger partial charge on any atom is -0.409 e. The Labute approximate surface area is 116 Å². The van der Waals surface area contributed by atoms with Crippen molar-refractivity contribution in [1.82, 2.24) is 9.80 Å². The summed E-state index contributed by atoms with van der Waals surface area (Å²) in [5.41, 5.74) is 5.57. The molecule has 5 nitrogen and oxygen atoms in total. The average Bonchev–Trinajstić information content (AvgIpc) is 3.24. The van der Waals surface area contributed by atoms with Crippen LogP contribution in [0.15, 0.2) is 5.16 Å². The van der Waals surface area contributed by atoms with Crippen molar-refractivity contribution < 1.29 is 5.21 Å². The third kappa shape index (κ3) is 4.66. The van der Waals surface area contributed by atoms with Gasteiger partial charge in [-0.15, -0.1) is 0 Å². The van der Waals surface area contributed by atoms with Crippen molar-refractivity contribution in [3.63, 3.8) is 0 Å². The zero-order valence-electron chi connectivity index (χ0n) is 12.1. The van der Waals surface area contributed by atoms with Gasteiger partial charge in [-0.3, -0.25) is 4.90 Å². The van der Waals surface area contributed by atoms with Crippen LogP contribution in [0.1, 0.15) is 44.9 Å². The molecule has 1 saturated heterocycles. The zero-order valence-corrected chi connectivity index (χ0v) is 12.1. The third-order valence-corrected chi connectivity index (χ3v) is 4.52. The second kappa shape index (κ2) is 7.10. The fraction of sp³-hybridized carbons (Fsp3) is 0.929. The molecule has 1 aliphatic heterocycles. The molecule has 2 rings (SSSR count). The second-order valence-corrected chi connectivity index (χ2v) is 6.03. The Hall–Kier alpha value is -0.810. The number of nitrogens with zero attached hydrogens (tertiary/aromatic N) is 3. The smallest absolute Gasteiger partial charge is 0.140 e. The molecule has 1 saturated carbocycles. The van der Waals surface area contributed by atoms with E-state index in [1.165, 1.54) is 45.1 Å². The molecule has 0 aromatic rings. The summed E-state index contributed by atoms with van der Waals surface area (Å²) in [6.45, 7) is 3.33. The molecule has 0 aromatic carbocycles. The van der Waals surface area contributed by atoms with Gasteiger partial charge in [0.15, 0.2) is 0 Å². The normalized spacial score (nSPS) is 26.0. The number of nitrogens with two attached hydrogens (primary N) is 1. The molecule has 2 fully saturated rings. The van der Waals surface area contributed by atoms with Gasteiger partial charge >= 0.3 is 0 Å². The maximum Gasteiger partial charge on any atom is 0.140 e. The van der Waals surface area contributed by atoms with E-state index in [1.807, 2.05) is 0 Å². The van der Waals surface area contributed by atoms with Gasteiger partial charge in [0, 0.05) is 25.0 Å². The molecule has 19 heavy (non-hydrogen) atoms. The Bertz CT molecular complexity index is 304. The Kier molecular flexibility index (Phi) is 5.45. The Balaban J connectivity index is 1.73. The monoisotopic (exact) mass is 268 g/mol. The lowest BCUT2D eigenvalue weighted by atomic mass is 10.00. The predicted molar refractivity (Wildman–Crippen MR) is 77.5 cm³/mol. The molecule has 0 aromatic heterocycles. The van der Waals surface area contributed by atoms with Crippen LogP contribution in [0.25, 0.3) is 0 Å². The SMILES string of the molecule is CN1CCCCC1CCN(CCC(N)=NO)C1CC1. The molecule has 0 amide bonds. The molecular formula is C14H28N4O. The molecule has 0 spiro atoms. The molecule has 0 bridgehead atoms. The number of piperidine rings is 1. The van der Waals surface area contributed by atoms with Gasteiger partial charge in [-0.05, 0) is 52.2 Å². The summed E-state index contributed by atoms with van der Waals surface area (Å²) in [6, 6.07) is 1.50. The van der Waals surface area contributed by atoms with Crippen LogP contribution in [0.2, 0.25) is 0 Å². The highest BCUT2D eigenvalue weighted by molar-refractivity contribution is 5.79. The van der Waals surface area contributed by atoms with E-state index in [0.29, 0.717) is 12.3 Å². The molecule has 3 N–H and O–H groups in total. The first kappa shape index (κ1) is 14.6. The molecule has 0 radical (unpaired) electrons. The van der Waals surface area contributed by atoms with Gasteiger partial charge in [-0.25, -0.2) is 0 Å². The Morgan fingerprint density at radius 1 is 1.32 bits per heavy atom. The summed E-state index contributed by atoms with van der Waals surface area (Å²) in [5, 5.41) is 11.7. The average molecular weight is 268 g/mol. The summed E-state index contributed by atoms with van der Waals surface area (Å²) in [4.78, 5) is 5.04. The highest BCUT2D eigenvalue weighted by Gasteiger charge is 2.29. The van der Waals surface area contributed by atoms with E-state index in [1.54, 1.807) is 0 Å². The lowest BCUT2D eigenvalue weighted by molar-refractivity contribution is 0.152. The summed E-state index contributed by atoms with van der Waals surface area (Å²) in [7, 11) is 2.25. The fourth-order valence-electron chi connectivity index (χ4n) is 3.05. The van der Waals surface area contributed by atoms with E-state index in [0.717, 1.165) is 25.2 Å². The van der Waals surface area contributed by atoms with Gasteiger partial charge in [0.1, 0.15) is 5.84 Å². The van der Waals surface area contributed by atoms with Crippen LogP contribution >= 0.6 is 0 Å². The van der Waals surface area contributed by atoms with Crippen LogP contribution in [0.4, 0.5) is 0 Å². The maximum absolute atomic E-state index is 8.61. The first-order valence-electron chi connectivity index (χ1n) is 7.61. The van der Waals surface area contributed by atoms with Gasteiger partial charge in [0.2, 0.25) is 0 Å². The fourth-order valence-corrected chi connectivity index (χ4v) is 3.05. The van der Waals surface area contributed by atoms with Gasteiger partial charge in [-0.1, -0.05) is 11.6 Å². The van der Waals surface area contributed by atoms with Crippen molar-refractivity contribution in [2.75, 3.05) is 26.7 Å². The van der Waals surface area contributed by atoms with E-state index in [2.05, 4.69) is 22.0 Å². The molecular weight excluding hydrogens is 240 g/mol. The van der Waals surface area contributed by atoms with Crippen molar-refractivity contribution in [2.24, 2.45) is 10.9 Å². The standard InChI is InChI=1S/C14H28N4O/c1-17-9-3-2-4-12(17)7-10-18(13-5-6-13)11-8-14(15)16-19/h12-13,19H,2-11H2,1H3,(H2,15,16). The summed E-state index contributed by atoms with van der Waals surface area (Å²) in [5.74, 6) is 0.348. The molecule has 110 valence electrons. The van der Waals surface area contributed by atoms with Crippen LogP contribution < -0.4 is 5.73 Å². The minimum absolute atomic E-state index is 0.348. The van der Waals surface area contributed by atoms with E-state index in [9.17, 15) is 0 Å². The highest BCUT2D eigenvalue weighted by Crippen LogP contribution is 2.28. The number of amidine groups is 1. The predicted octanol–water partition coefficient (Wildman–Crippen LogP) is 1.46. The molecule has 1 unspecified atom stereocenters. The van der Waals surface area contributed by atoms with E-state index in [-0.39, 0.29) is 0 Å². The number of likely N-dealkylation sites (tertiary alicyclic amines) is 1. The molecule has 2 aliphatic rings. The highest BCUT2D eigenvalue weighted by atomic mass is 16.4. The van der Waals surface area contributed by atoms with Crippen molar-refractivity contribution in [1.29, 1.82) is 0 Å². The van der Waals surface area contributed by atoms with Crippen LogP contribution in [0.3, 0.4) is 0 Å². The lowest BCUT2D eigenvalue weighted by Crippen LogP contribution is -2.40. The first-order valence-corrected chi connectivity index (χ1v) is 7.61. The summed E-state index contributed by atoms with van der Waals surface area (Å²) >= 11 is 0. The summed E-state index contributed by atoms with van der Waals surface area (Å²) in [6.07, 6.45) is 8.63. The topological polar surface area (TPSA) is 65.1 Å². The quantitative estimate of drug-likeness (QED) is 0.317. The number of oxime groups is 1. The van der Waals surface area contributed by atoms with Crippen LogP contribution in [0.5, 0.6) is 0 Å². The van der Waals surface area contributed by atoms with Gasteiger partial charge in [0.25, 0.3) is 0 Å². The molecule has 1 atom stereocenters. The van der Waals surface area contributed by atoms with Gasteiger partial charge < -0.3 is 15.8 Å². The van der Waals surface area contributed by atoms with Crippen molar-refractivity contribution in [3.05, 3.63) is 0 Å². The van der Waals surface area contributed by atoms with Crippen LogP contribution in [-0.4, -0.2) is 59.6 Å². The van der Waals surface area contributed by atoms with Crippen molar-refractivity contribution in [2.45, 2.75) is 57.0 Å². The zero-order chi connectivity index (χ0) is 13.7. The third-order valence-electron chi connectivity index (χ3n) is 4.52. The number of hydrogen-bond donors (Lipinski definition) is 2. The maximum atomic E-state index is 8.61. The first-order chi connectivity index (χ1) is 9.20.